The number of fused-ring (bicyclic) bond motifs is 1. The Morgan fingerprint density at radius 1 is 1.39 bits per heavy atom. The lowest BCUT2D eigenvalue weighted by Crippen LogP contribution is -2.34. The van der Waals surface area contributed by atoms with Crippen LogP contribution in [0.5, 0.6) is 0 Å². The highest BCUT2D eigenvalue weighted by molar-refractivity contribution is 9.10. The van der Waals surface area contributed by atoms with E-state index in [4.69, 9.17) is 10.00 Å². The third-order valence-electron chi connectivity index (χ3n) is 4.97. The van der Waals surface area contributed by atoms with Crippen molar-refractivity contribution >= 4 is 26.8 Å². The van der Waals surface area contributed by atoms with Gasteiger partial charge in [-0.2, -0.15) is 5.26 Å². The van der Waals surface area contributed by atoms with E-state index in [-0.39, 0.29) is 5.60 Å². The molecule has 3 nitrogen and oxygen atoms in total. The molecule has 0 atom stereocenters. The molecule has 1 aromatic carbocycles. The van der Waals surface area contributed by atoms with Crippen LogP contribution in [0, 0.1) is 11.3 Å². The summed E-state index contributed by atoms with van der Waals surface area (Å²) in [6.07, 6.45) is 7.73. The van der Waals surface area contributed by atoms with E-state index >= 15 is 0 Å². The van der Waals surface area contributed by atoms with Crippen LogP contribution in [0.3, 0.4) is 0 Å². The highest BCUT2D eigenvalue weighted by Crippen LogP contribution is 2.40. The van der Waals surface area contributed by atoms with Gasteiger partial charge in [0, 0.05) is 34.2 Å². The Balaban J connectivity index is 1.81. The molecule has 4 heteroatoms. The number of rotatable bonds is 4. The number of benzene rings is 1. The number of halogens is 1. The SMILES string of the molecule is CCCOC1(C)CCC(n2cc(Br)c3cc(C#N)ccc32)CC1. The summed E-state index contributed by atoms with van der Waals surface area (Å²) in [6, 6.07) is 8.67. The Morgan fingerprint density at radius 3 is 2.78 bits per heavy atom. The molecule has 1 fully saturated rings. The first-order valence-electron chi connectivity index (χ1n) is 8.40. The van der Waals surface area contributed by atoms with Crippen molar-refractivity contribution in [3.63, 3.8) is 0 Å². The smallest absolute Gasteiger partial charge is 0.0991 e. The molecule has 1 heterocycles. The molecule has 0 radical (unpaired) electrons. The maximum Gasteiger partial charge on any atom is 0.0991 e. The summed E-state index contributed by atoms with van der Waals surface area (Å²) in [7, 11) is 0. The van der Waals surface area contributed by atoms with Crippen LogP contribution in [0.1, 0.15) is 57.6 Å². The molecule has 2 aromatic rings. The Bertz CT molecular complexity index is 736. The van der Waals surface area contributed by atoms with Gasteiger partial charge in [0.25, 0.3) is 0 Å². The van der Waals surface area contributed by atoms with Gasteiger partial charge in [0.05, 0.1) is 17.2 Å². The fourth-order valence-electron chi connectivity index (χ4n) is 3.57. The molecule has 122 valence electrons. The fourth-order valence-corrected chi connectivity index (χ4v) is 4.11. The van der Waals surface area contributed by atoms with E-state index in [9.17, 15) is 0 Å². The molecule has 0 N–H and O–H groups in total. The highest BCUT2D eigenvalue weighted by atomic mass is 79.9. The van der Waals surface area contributed by atoms with E-state index in [0.29, 0.717) is 11.6 Å². The van der Waals surface area contributed by atoms with Crippen molar-refractivity contribution in [1.29, 1.82) is 5.26 Å². The summed E-state index contributed by atoms with van der Waals surface area (Å²) in [5, 5.41) is 10.2. The molecule has 1 saturated carbocycles. The van der Waals surface area contributed by atoms with E-state index in [0.717, 1.165) is 48.6 Å². The van der Waals surface area contributed by atoms with E-state index < -0.39 is 0 Å². The largest absolute Gasteiger partial charge is 0.375 e. The molecule has 23 heavy (non-hydrogen) atoms. The second-order valence-electron chi connectivity index (χ2n) is 6.76. The molecule has 0 spiro atoms. The van der Waals surface area contributed by atoms with Gasteiger partial charge in [-0.25, -0.2) is 0 Å². The van der Waals surface area contributed by atoms with Gasteiger partial charge >= 0.3 is 0 Å². The van der Waals surface area contributed by atoms with Crippen LogP contribution in [0.25, 0.3) is 10.9 Å². The third kappa shape index (κ3) is 3.32. The lowest BCUT2D eigenvalue weighted by Gasteiger charge is -2.38. The minimum Gasteiger partial charge on any atom is -0.375 e. The Morgan fingerprint density at radius 2 is 2.13 bits per heavy atom. The number of hydrogen-bond acceptors (Lipinski definition) is 2. The van der Waals surface area contributed by atoms with Crippen LogP contribution >= 0.6 is 15.9 Å². The first-order chi connectivity index (χ1) is 11.1. The van der Waals surface area contributed by atoms with Gasteiger partial charge in [-0.3, -0.25) is 0 Å². The quantitative estimate of drug-likeness (QED) is 0.700. The summed E-state index contributed by atoms with van der Waals surface area (Å²) < 4.78 is 9.52. The van der Waals surface area contributed by atoms with Crippen LogP contribution in [0.2, 0.25) is 0 Å². The summed E-state index contributed by atoms with van der Waals surface area (Å²) in [5.41, 5.74) is 1.96. The predicted octanol–water partition coefficient (Wildman–Crippen LogP) is 5.58. The molecule has 0 aliphatic heterocycles. The standard InChI is InChI=1S/C19H23BrN2O/c1-3-10-23-19(2)8-6-15(7-9-19)22-13-17(20)16-11-14(12-21)4-5-18(16)22/h4-5,11,13,15H,3,6-10H2,1-2H3. The monoisotopic (exact) mass is 374 g/mol. The molecular formula is C19H23BrN2O. The van der Waals surface area contributed by atoms with E-state index in [1.54, 1.807) is 0 Å². The first kappa shape index (κ1) is 16.5. The van der Waals surface area contributed by atoms with Gasteiger partial charge in [0.2, 0.25) is 0 Å². The zero-order chi connectivity index (χ0) is 16.4. The van der Waals surface area contributed by atoms with Crippen molar-refractivity contribution in [2.45, 2.75) is 57.6 Å². The van der Waals surface area contributed by atoms with E-state index in [1.165, 1.54) is 5.52 Å². The van der Waals surface area contributed by atoms with Gasteiger partial charge < -0.3 is 9.30 Å². The Labute approximate surface area is 146 Å². The number of hydrogen-bond donors (Lipinski definition) is 0. The van der Waals surface area contributed by atoms with Crippen LogP contribution in [-0.2, 0) is 4.74 Å². The molecule has 0 saturated heterocycles. The van der Waals surface area contributed by atoms with Crippen molar-refractivity contribution in [3.05, 3.63) is 34.4 Å². The molecule has 0 bridgehead atoms. The van der Waals surface area contributed by atoms with Crippen molar-refractivity contribution in [2.75, 3.05) is 6.61 Å². The Kier molecular flexibility index (Phi) is 4.79. The van der Waals surface area contributed by atoms with E-state index in [1.807, 2.05) is 12.1 Å². The Hall–Kier alpha value is -1.31. The van der Waals surface area contributed by atoms with Crippen LogP contribution in [0.4, 0.5) is 0 Å². The van der Waals surface area contributed by atoms with Crippen LogP contribution in [0.15, 0.2) is 28.9 Å². The molecule has 0 amide bonds. The molecular weight excluding hydrogens is 352 g/mol. The van der Waals surface area contributed by atoms with E-state index in [2.05, 4.69) is 52.7 Å². The van der Waals surface area contributed by atoms with Crippen molar-refractivity contribution in [3.8, 4) is 6.07 Å². The summed E-state index contributed by atoms with van der Waals surface area (Å²) >= 11 is 3.65. The number of nitrogens with zero attached hydrogens (tertiary/aromatic N) is 2. The van der Waals surface area contributed by atoms with Gasteiger partial charge in [-0.1, -0.05) is 6.92 Å². The number of aromatic nitrogens is 1. The van der Waals surface area contributed by atoms with Crippen LogP contribution < -0.4 is 0 Å². The summed E-state index contributed by atoms with van der Waals surface area (Å²) in [6.45, 7) is 5.27. The average molecular weight is 375 g/mol. The maximum absolute atomic E-state index is 9.09. The summed E-state index contributed by atoms with van der Waals surface area (Å²) in [5.74, 6) is 0. The maximum atomic E-state index is 9.09. The fraction of sp³-hybridized carbons (Fsp3) is 0.526. The molecule has 0 unspecified atom stereocenters. The normalized spacial score (nSPS) is 24.7. The lowest BCUT2D eigenvalue weighted by molar-refractivity contribution is -0.0626. The van der Waals surface area contributed by atoms with Gasteiger partial charge in [0.1, 0.15) is 0 Å². The van der Waals surface area contributed by atoms with Crippen LogP contribution in [-0.4, -0.2) is 16.8 Å². The number of nitriles is 1. The highest BCUT2D eigenvalue weighted by Gasteiger charge is 2.32. The number of ether oxygens (including phenoxy) is 1. The van der Waals surface area contributed by atoms with Crippen molar-refractivity contribution < 1.29 is 4.74 Å². The molecule has 1 aliphatic rings. The molecule has 3 rings (SSSR count). The second kappa shape index (κ2) is 6.67. The first-order valence-corrected chi connectivity index (χ1v) is 9.20. The zero-order valence-corrected chi connectivity index (χ0v) is 15.4. The van der Waals surface area contributed by atoms with Crippen molar-refractivity contribution in [2.24, 2.45) is 0 Å². The molecule has 1 aliphatic carbocycles. The topological polar surface area (TPSA) is 38.0 Å². The molecule has 1 aromatic heterocycles. The van der Waals surface area contributed by atoms with Gasteiger partial charge in [-0.05, 0) is 73.2 Å². The summed E-state index contributed by atoms with van der Waals surface area (Å²) in [4.78, 5) is 0. The minimum absolute atomic E-state index is 0.0423. The van der Waals surface area contributed by atoms with Gasteiger partial charge in [0.15, 0.2) is 0 Å². The van der Waals surface area contributed by atoms with Gasteiger partial charge in [-0.15, -0.1) is 0 Å². The minimum atomic E-state index is 0.0423. The van der Waals surface area contributed by atoms with Crippen molar-refractivity contribution in [1.82, 2.24) is 4.57 Å². The zero-order valence-electron chi connectivity index (χ0n) is 13.8. The average Bonchev–Trinajstić information content (AvgIpc) is 2.90. The predicted molar refractivity (Wildman–Crippen MR) is 96.5 cm³/mol. The lowest BCUT2D eigenvalue weighted by atomic mass is 9.83. The second-order valence-corrected chi connectivity index (χ2v) is 7.61. The third-order valence-corrected chi connectivity index (χ3v) is 5.61.